The molecule has 0 aromatic carbocycles. The quantitative estimate of drug-likeness (QED) is 0.764. The Morgan fingerprint density at radius 3 is 2.88 bits per heavy atom. The smallest absolute Gasteiger partial charge is 0.248 e. The highest BCUT2D eigenvalue weighted by Crippen LogP contribution is 2.25. The SMILES string of the molecule is O=C1COCCCN1CCN1CCC(n2cc(N3CCCC3=O)cn2)C1. The van der Waals surface area contributed by atoms with Crippen LogP contribution >= 0.6 is 0 Å². The van der Waals surface area contributed by atoms with Crippen molar-refractivity contribution in [3.05, 3.63) is 12.4 Å². The molecule has 26 heavy (non-hydrogen) atoms. The Morgan fingerprint density at radius 1 is 1.12 bits per heavy atom. The van der Waals surface area contributed by atoms with Gasteiger partial charge in [0.15, 0.2) is 0 Å². The summed E-state index contributed by atoms with van der Waals surface area (Å²) >= 11 is 0. The minimum absolute atomic E-state index is 0.102. The monoisotopic (exact) mass is 361 g/mol. The first-order valence-corrected chi connectivity index (χ1v) is 9.63. The van der Waals surface area contributed by atoms with Gasteiger partial charge in [0, 0.05) is 58.5 Å². The van der Waals surface area contributed by atoms with Gasteiger partial charge in [-0.05, 0) is 19.3 Å². The van der Waals surface area contributed by atoms with E-state index >= 15 is 0 Å². The lowest BCUT2D eigenvalue weighted by Gasteiger charge is -2.23. The van der Waals surface area contributed by atoms with E-state index in [1.165, 1.54) is 0 Å². The largest absolute Gasteiger partial charge is 0.372 e. The molecular formula is C18H27N5O3. The van der Waals surface area contributed by atoms with Crippen molar-refractivity contribution in [1.29, 1.82) is 0 Å². The number of ether oxygens (including phenoxy) is 1. The maximum absolute atomic E-state index is 12.0. The van der Waals surface area contributed by atoms with Gasteiger partial charge in [-0.3, -0.25) is 19.2 Å². The zero-order valence-electron chi connectivity index (χ0n) is 15.2. The lowest BCUT2D eigenvalue weighted by molar-refractivity contribution is -0.134. The van der Waals surface area contributed by atoms with Crippen LogP contribution in [0.5, 0.6) is 0 Å². The number of rotatable bonds is 5. The van der Waals surface area contributed by atoms with Gasteiger partial charge in [0.2, 0.25) is 11.8 Å². The standard InChI is InChI=1S/C18H27N5O3/c24-17-3-1-6-22(17)16-11-19-23(13-16)15-4-7-20(12-15)8-9-21-5-2-10-26-14-18(21)25/h11,13,15H,1-10,12,14H2. The van der Waals surface area contributed by atoms with Crippen molar-refractivity contribution in [3.63, 3.8) is 0 Å². The van der Waals surface area contributed by atoms with Gasteiger partial charge in [-0.15, -0.1) is 0 Å². The third-order valence-electron chi connectivity index (χ3n) is 5.58. The molecular weight excluding hydrogens is 334 g/mol. The predicted molar refractivity (Wildman–Crippen MR) is 95.9 cm³/mol. The van der Waals surface area contributed by atoms with E-state index in [-0.39, 0.29) is 18.4 Å². The molecule has 3 fully saturated rings. The second-order valence-electron chi connectivity index (χ2n) is 7.36. The molecule has 0 N–H and O–H groups in total. The molecule has 1 aromatic rings. The summed E-state index contributed by atoms with van der Waals surface area (Å²) in [6.45, 7) is 6.09. The molecule has 8 nitrogen and oxygen atoms in total. The summed E-state index contributed by atoms with van der Waals surface area (Å²) in [4.78, 5) is 30.0. The van der Waals surface area contributed by atoms with E-state index in [4.69, 9.17) is 4.74 Å². The minimum atomic E-state index is 0.102. The summed E-state index contributed by atoms with van der Waals surface area (Å²) in [7, 11) is 0. The number of aromatic nitrogens is 2. The molecule has 0 aliphatic carbocycles. The van der Waals surface area contributed by atoms with Crippen molar-refractivity contribution in [2.24, 2.45) is 0 Å². The van der Waals surface area contributed by atoms with E-state index in [1.807, 2.05) is 26.9 Å². The lowest BCUT2D eigenvalue weighted by atomic mass is 10.3. The minimum Gasteiger partial charge on any atom is -0.372 e. The second kappa shape index (κ2) is 7.75. The highest BCUT2D eigenvalue weighted by atomic mass is 16.5. The molecule has 3 aliphatic heterocycles. The zero-order chi connectivity index (χ0) is 17.9. The summed E-state index contributed by atoms with van der Waals surface area (Å²) in [5.41, 5.74) is 0.918. The fourth-order valence-electron chi connectivity index (χ4n) is 4.05. The van der Waals surface area contributed by atoms with Crippen molar-refractivity contribution in [3.8, 4) is 0 Å². The van der Waals surface area contributed by atoms with Crippen LogP contribution in [0.3, 0.4) is 0 Å². The van der Waals surface area contributed by atoms with Gasteiger partial charge < -0.3 is 14.5 Å². The van der Waals surface area contributed by atoms with E-state index in [0.29, 0.717) is 19.1 Å². The molecule has 4 heterocycles. The van der Waals surface area contributed by atoms with Gasteiger partial charge in [0.1, 0.15) is 6.61 Å². The second-order valence-corrected chi connectivity index (χ2v) is 7.36. The van der Waals surface area contributed by atoms with Crippen LogP contribution in [0.15, 0.2) is 12.4 Å². The molecule has 0 bridgehead atoms. The summed E-state index contributed by atoms with van der Waals surface area (Å²) in [5.74, 6) is 0.300. The zero-order valence-corrected chi connectivity index (χ0v) is 15.2. The molecule has 1 atom stereocenters. The number of anilines is 1. The first kappa shape index (κ1) is 17.5. The molecule has 0 radical (unpaired) electrons. The van der Waals surface area contributed by atoms with Crippen LogP contribution in [0, 0.1) is 0 Å². The van der Waals surface area contributed by atoms with E-state index in [2.05, 4.69) is 10.00 Å². The van der Waals surface area contributed by atoms with Crippen LogP contribution in [-0.4, -0.2) is 83.9 Å². The third-order valence-corrected chi connectivity index (χ3v) is 5.58. The highest BCUT2D eigenvalue weighted by molar-refractivity contribution is 5.95. The molecule has 3 aliphatic rings. The predicted octanol–water partition coefficient (Wildman–Crippen LogP) is 0.506. The number of hydrogen-bond donors (Lipinski definition) is 0. The maximum atomic E-state index is 12.0. The Balaban J connectivity index is 1.29. The van der Waals surface area contributed by atoms with Crippen molar-refractivity contribution in [1.82, 2.24) is 19.6 Å². The van der Waals surface area contributed by atoms with Crippen molar-refractivity contribution in [2.75, 3.05) is 57.4 Å². The Morgan fingerprint density at radius 2 is 2.04 bits per heavy atom. The van der Waals surface area contributed by atoms with Crippen molar-refractivity contribution < 1.29 is 14.3 Å². The van der Waals surface area contributed by atoms with Crippen LogP contribution in [-0.2, 0) is 14.3 Å². The van der Waals surface area contributed by atoms with Crippen molar-refractivity contribution in [2.45, 2.75) is 31.7 Å². The van der Waals surface area contributed by atoms with Gasteiger partial charge in [0.05, 0.1) is 17.9 Å². The Labute approximate surface area is 153 Å². The van der Waals surface area contributed by atoms with Crippen LogP contribution in [0.1, 0.15) is 31.7 Å². The molecule has 1 aromatic heterocycles. The van der Waals surface area contributed by atoms with Crippen LogP contribution in [0.2, 0.25) is 0 Å². The van der Waals surface area contributed by atoms with Crippen molar-refractivity contribution >= 4 is 17.5 Å². The first-order chi connectivity index (χ1) is 12.7. The topological polar surface area (TPSA) is 70.9 Å². The Bertz CT molecular complexity index is 661. The number of carbonyl (C=O) groups is 2. The first-order valence-electron chi connectivity index (χ1n) is 9.63. The molecule has 142 valence electrons. The number of likely N-dealkylation sites (tertiary alicyclic amines) is 1. The van der Waals surface area contributed by atoms with Gasteiger partial charge >= 0.3 is 0 Å². The molecule has 3 saturated heterocycles. The third kappa shape index (κ3) is 3.76. The number of hydrogen-bond acceptors (Lipinski definition) is 5. The van der Waals surface area contributed by atoms with Crippen LogP contribution in [0.25, 0.3) is 0 Å². The Hall–Kier alpha value is -1.93. The molecule has 2 amide bonds. The van der Waals surface area contributed by atoms with E-state index in [1.54, 1.807) is 0 Å². The maximum Gasteiger partial charge on any atom is 0.248 e. The van der Waals surface area contributed by atoms with Gasteiger partial charge in [-0.1, -0.05) is 0 Å². The average molecular weight is 361 g/mol. The summed E-state index contributed by atoms with van der Waals surface area (Å²) in [6.07, 6.45) is 7.35. The van der Waals surface area contributed by atoms with Gasteiger partial charge in [0.25, 0.3) is 0 Å². The van der Waals surface area contributed by atoms with Crippen LogP contribution in [0.4, 0.5) is 5.69 Å². The summed E-state index contributed by atoms with van der Waals surface area (Å²) in [5, 5.41) is 4.50. The fraction of sp³-hybridized carbons (Fsp3) is 0.722. The molecule has 0 spiro atoms. The number of carbonyl (C=O) groups excluding carboxylic acids is 2. The van der Waals surface area contributed by atoms with Crippen LogP contribution < -0.4 is 4.90 Å². The molecule has 1 unspecified atom stereocenters. The lowest BCUT2D eigenvalue weighted by Crippen LogP contribution is -2.39. The van der Waals surface area contributed by atoms with Gasteiger partial charge in [-0.2, -0.15) is 5.10 Å². The van der Waals surface area contributed by atoms with E-state index in [9.17, 15) is 9.59 Å². The highest BCUT2D eigenvalue weighted by Gasteiger charge is 2.28. The molecule has 0 saturated carbocycles. The number of nitrogens with zero attached hydrogens (tertiary/aromatic N) is 5. The summed E-state index contributed by atoms with van der Waals surface area (Å²) < 4.78 is 7.30. The van der Waals surface area contributed by atoms with E-state index in [0.717, 1.165) is 64.2 Å². The summed E-state index contributed by atoms with van der Waals surface area (Å²) in [6, 6.07) is 0.338. The normalized spacial score (nSPS) is 25.3. The van der Waals surface area contributed by atoms with Gasteiger partial charge in [-0.25, -0.2) is 0 Å². The fourth-order valence-corrected chi connectivity index (χ4v) is 4.05. The molecule has 4 rings (SSSR count). The Kier molecular flexibility index (Phi) is 5.21. The average Bonchev–Trinajstić information content (AvgIpc) is 3.34. The van der Waals surface area contributed by atoms with E-state index < -0.39 is 0 Å². The number of amides is 2. The molecule has 8 heteroatoms.